The number of nitrogens with zero attached hydrogens (tertiary/aromatic N) is 7. The van der Waals surface area contributed by atoms with E-state index in [-0.39, 0.29) is 11.7 Å². The maximum Gasteiger partial charge on any atom is 0.306 e. The van der Waals surface area contributed by atoms with Crippen LogP contribution in [0.15, 0.2) is 65.2 Å². The zero-order chi connectivity index (χ0) is 40.0. The summed E-state index contributed by atoms with van der Waals surface area (Å²) in [6.45, 7) is 9.38. The largest absolute Gasteiger partial charge is 0.481 e. The lowest BCUT2D eigenvalue weighted by Crippen LogP contribution is -2.35. The molecule has 14 heteroatoms. The molecule has 0 unspecified atom stereocenters. The van der Waals surface area contributed by atoms with Gasteiger partial charge in [0.2, 0.25) is 5.89 Å². The molecule has 0 radical (unpaired) electrons. The molecular formula is C43H42F2N8O4. The fraction of sp³-hybridized carbons (Fsp3) is 0.349. The van der Waals surface area contributed by atoms with Crippen LogP contribution in [-0.2, 0) is 17.9 Å². The molecule has 2 aliphatic heterocycles. The van der Waals surface area contributed by atoms with E-state index in [2.05, 4.69) is 36.1 Å². The highest BCUT2D eigenvalue weighted by Gasteiger charge is 2.31. The summed E-state index contributed by atoms with van der Waals surface area (Å²) in [4.78, 5) is 33.5. The summed E-state index contributed by atoms with van der Waals surface area (Å²) in [5.41, 5.74) is 7.91. The van der Waals surface area contributed by atoms with Gasteiger partial charge in [0.15, 0.2) is 17.2 Å². The number of benzene rings is 3. The van der Waals surface area contributed by atoms with Gasteiger partial charge in [0, 0.05) is 43.6 Å². The zero-order valence-corrected chi connectivity index (χ0v) is 31.9. The number of carboxylic acids is 1. The molecule has 2 aliphatic rings. The lowest BCUT2D eigenvalue weighted by molar-refractivity contribution is -0.143. The van der Waals surface area contributed by atoms with Crippen LogP contribution in [0.1, 0.15) is 66.3 Å². The number of aromatic nitrogens is 4. The van der Waals surface area contributed by atoms with E-state index in [1.807, 2.05) is 62.4 Å². The summed E-state index contributed by atoms with van der Waals surface area (Å²) in [7, 11) is 0. The van der Waals surface area contributed by atoms with Gasteiger partial charge in [0.05, 0.1) is 22.6 Å². The third kappa shape index (κ3) is 7.78. The normalized spacial score (nSPS) is 18.1. The molecule has 0 spiro atoms. The summed E-state index contributed by atoms with van der Waals surface area (Å²) in [6, 6.07) is 19.3. The molecule has 292 valence electrons. The van der Waals surface area contributed by atoms with Crippen LogP contribution in [-0.4, -0.2) is 77.7 Å². The van der Waals surface area contributed by atoms with E-state index in [1.165, 1.54) is 0 Å². The highest BCUT2D eigenvalue weighted by Crippen LogP contribution is 2.38. The van der Waals surface area contributed by atoms with Crippen LogP contribution in [0.2, 0.25) is 0 Å². The number of pyridine rings is 1. The Morgan fingerprint density at radius 3 is 2.37 bits per heavy atom. The van der Waals surface area contributed by atoms with Crippen molar-refractivity contribution in [1.82, 2.24) is 29.7 Å². The summed E-state index contributed by atoms with van der Waals surface area (Å²) in [6.07, 6.45) is 0.639. The Balaban J connectivity index is 1.08. The van der Waals surface area contributed by atoms with Crippen LogP contribution >= 0.6 is 0 Å². The number of aliphatic carboxylic acids is 1. The molecule has 0 bridgehead atoms. The Morgan fingerprint density at radius 1 is 0.965 bits per heavy atom. The SMILES string of the molecule is Cc1c(Nc2nc(C(F)F)nc3cc(CN4CC[C@](C)(O)C4)cnc23)cccc1-c1cccc(-c2nc3cc(CN4CCC(C(=O)O)CC4)cc(C#N)c3o2)c1C. The number of carboxylic acid groups (broad SMARTS) is 1. The number of carbonyl (C=O) groups is 1. The Hall–Kier alpha value is -5.88. The number of piperidine rings is 1. The van der Waals surface area contributed by atoms with Crippen LogP contribution in [0.4, 0.5) is 20.3 Å². The number of β-amino-alcohol motifs (C(OH)–C–C–N with tert-alkyl or cyclic N) is 1. The van der Waals surface area contributed by atoms with E-state index < -0.39 is 23.8 Å². The fourth-order valence-electron chi connectivity index (χ4n) is 8.11. The number of nitrogens with one attached hydrogen (secondary N) is 1. The molecule has 2 saturated heterocycles. The number of nitriles is 1. The van der Waals surface area contributed by atoms with Crippen LogP contribution in [0.5, 0.6) is 0 Å². The van der Waals surface area contributed by atoms with Crippen molar-refractivity contribution in [2.45, 2.75) is 65.1 Å². The number of fused-ring (bicyclic) bond motifs is 2. The van der Waals surface area contributed by atoms with Crippen molar-refractivity contribution in [3.63, 3.8) is 0 Å². The quantitative estimate of drug-likeness (QED) is 0.123. The van der Waals surface area contributed by atoms with Crippen LogP contribution in [0, 0.1) is 31.1 Å². The maximum absolute atomic E-state index is 14.1. The highest BCUT2D eigenvalue weighted by atomic mass is 19.3. The van der Waals surface area contributed by atoms with Crippen molar-refractivity contribution < 1.29 is 28.2 Å². The molecule has 3 N–H and O–H groups in total. The van der Waals surface area contributed by atoms with Gasteiger partial charge in [-0.1, -0.05) is 24.3 Å². The lowest BCUT2D eigenvalue weighted by Gasteiger charge is -2.30. The monoisotopic (exact) mass is 772 g/mol. The molecule has 0 aliphatic carbocycles. The number of alkyl halides is 2. The molecular weight excluding hydrogens is 731 g/mol. The first-order valence-corrected chi connectivity index (χ1v) is 19.0. The molecule has 12 nitrogen and oxygen atoms in total. The second-order valence-electron chi connectivity index (χ2n) is 15.5. The standard InChI is InChI=1S/C43H42F2N8O4/c1-24-30(6-4-8-32(24)41-50-35-17-26(16-29(19-46)37(35)57-41)21-52-13-10-28(11-14-52)42(54)55)31-7-5-9-33(25(31)2)48-39-36-34(49-40(51-39)38(44)45)18-27(20-47-36)22-53-15-12-43(3,56)23-53/h4-9,16-18,20,28,38,56H,10-15,21-23H2,1-3H3,(H,54,55)(H,48,49,51)/t43-/m0/s1. The van der Waals surface area contributed by atoms with Crippen LogP contribution < -0.4 is 5.32 Å². The van der Waals surface area contributed by atoms with Gasteiger partial charge in [-0.15, -0.1) is 0 Å². The first-order chi connectivity index (χ1) is 27.4. The maximum atomic E-state index is 14.1. The Morgan fingerprint density at radius 2 is 1.67 bits per heavy atom. The van der Waals surface area contributed by atoms with Gasteiger partial charge in [-0.2, -0.15) is 5.26 Å². The minimum absolute atomic E-state index is 0.167. The Bertz CT molecular complexity index is 2560. The van der Waals surface area contributed by atoms with E-state index in [1.54, 1.807) is 19.2 Å². The number of hydrogen-bond acceptors (Lipinski definition) is 11. The molecule has 0 amide bonds. The van der Waals surface area contributed by atoms with Gasteiger partial charge in [-0.3, -0.25) is 19.6 Å². The summed E-state index contributed by atoms with van der Waals surface area (Å²) in [5, 5.41) is 33.1. The second-order valence-corrected chi connectivity index (χ2v) is 15.5. The van der Waals surface area contributed by atoms with Crippen molar-refractivity contribution in [1.29, 1.82) is 5.26 Å². The number of oxazole rings is 1. The average molecular weight is 773 g/mol. The molecule has 57 heavy (non-hydrogen) atoms. The predicted molar refractivity (Wildman–Crippen MR) is 211 cm³/mol. The molecule has 1 atom stereocenters. The van der Waals surface area contributed by atoms with Crippen molar-refractivity contribution in [3.05, 3.63) is 94.4 Å². The topological polar surface area (TPSA) is 165 Å². The van der Waals surface area contributed by atoms with Crippen molar-refractivity contribution in [3.8, 4) is 28.7 Å². The van der Waals surface area contributed by atoms with Crippen molar-refractivity contribution in [2.75, 3.05) is 31.5 Å². The van der Waals surface area contributed by atoms with E-state index >= 15 is 0 Å². The number of likely N-dealkylation sites (tertiary alicyclic amines) is 2. The van der Waals surface area contributed by atoms with Crippen molar-refractivity contribution in [2.24, 2.45) is 5.92 Å². The smallest absolute Gasteiger partial charge is 0.306 e. The second kappa shape index (κ2) is 15.2. The summed E-state index contributed by atoms with van der Waals surface area (Å²) < 4.78 is 34.5. The van der Waals surface area contributed by atoms with Crippen LogP contribution in [0.25, 0.3) is 44.7 Å². The van der Waals surface area contributed by atoms with E-state index in [9.17, 15) is 29.1 Å². The van der Waals surface area contributed by atoms with Gasteiger partial charge in [0.1, 0.15) is 17.1 Å². The molecule has 5 heterocycles. The highest BCUT2D eigenvalue weighted by molar-refractivity contribution is 5.90. The molecule has 3 aromatic heterocycles. The van der Waals surface area contributed by atoms with E-state index in [4.69, 9.17) is 9.40 Å². The molecule has 3 aromatic carbocycles. The first kappa shape index (κ1) is 38.0. The minimum Gasteiger partial charge on any atom is -0.481 e. The molecule has 2 fully saturated rings. The number of halogens is 2. The minimum atomic E-state index is -2.89. The van der Waals surface area contributed by atoms with E-state index in [0.29, 0.717) is 91.3 Å². The summed E-state index contributed by atoms with van der Waals surface area (Å²) >= 11 is 0. The number of rotatable bonds is 10. The van der Waals surface area contributed by atoms with Crippen molar-refractivity contribution >= 4 is 39.6 Å². The summed E-state index contributed by atoms with van der Waals surface area (Å²) in [5.74, 6) is -1.14. The molecule has 8 rings (SSSR count). The Kier molecular flexibility index (Phi) is 10.2. The molecule has 6 aromatic rings. The predicted octanol–water partition coefficient (Wildman–Crippen LogP) is 7.92. The number of anilines is 2. The lowest BCUT2D eigenvalue weighted by atomic mass is 9.93. The van der Waals surface area contributed by atoms with Gasteiger partial charge < -0.3 is 19.9 Å². The van der Waals surface area contributed by atoms with Crippen LogP contribution in [0.3, 0.4) is 0 Å². The average Bonchev–Trinajstić information content (AvgIpc) is 3.77. The van der Waals surface area contributed by atoms with E-state index in [0.717, 1.165) is 45.5 Å². The zero-order valence-electron chi connectivity index (χ0n) is 31.9. The van der Waals surface area contributed by atoms with Gasteiger partial charge in [-0.25, -0.2) is 23.7 Å². The Labute approximate surface area is 327 Å². The third-order valence-electron chi connectivity index (χ3n) is 11.2. The van der Waals surface area contributed by atoms with Gasteiger partial charge >= 0.3 is 5.97 Å². The number of aliphatic hydroxyl groups is 1. The first-order valence-electron chi connectivity index (χ1n) is 19.0. The van der Waals surface area contributed by atoms with Gasteiger partial charge in [0.25, 0.3) is 6.43 Å². The third-order valence-corrected chi connectivity index (χ3v) is 11.2. The molecule has 0 saturated carbocycles. The number of hydrogen-bond donors (Lipinski definition) is 3. The van der Waals surface area contributed by atoms with Gasteiger partial charge in [-0.05, 0) is 117 Å². The fourth-order valence-corrected chi connectivity index (χ4v) is 8.11.